The van der Waals surface area contributed by atoms with Crippen LogP contribution in [0.5, 0.6) is 5.75 Å². The second-order valence-corrected chi connectivity index (χ2v) is 6.31. The molecule has 0 aromatic heterocycles. The normalized spacial score (nSPS) is 17.1. The molecule has 4 heteroatoms. The molecule has 1 aliphatic carbocycles. The van der Waals surface area contributed by atoms with Gasteiger partial charge in [-0.15, -0.1) is 0 Å². The third-order valence-electron chi connectivity index (χ3n) is 4.26. The maximum absolute atomic E-state index is 12.0. The van der Waals surface area contributed by atoms with Gasteiger partial charge in [-0.3, -0.25) is 4.79 Å². The van der Waals surface area contributed by atoms with Gasteiger partial charge in [0.25, 0.3) is 0 Å². The number of benzene rings is 1. The first-order valence-corrected chi connectivity index (χ1v) is 7.66. The summed E-state index contributed by atoms with van der Waals surface area (Å²) in [5.74, 6) is 1.40. The fraction of sp³-hybridized carbons (Fsp3) is 0.588. The first kappa shape index (κ1) is 15.8. The molecule has 0 spiro atoms. The number of carbonyl (C=O) groups excluding carboxylic acids is 1. The van der Waals surface area contributed by atoms with Crippen molar-refractivity contribution in [3.63, 3.8) is 0 Å². The van der Waals surface area contributed by atoms with Crippen LogP contribution >= 0.6 is 0 Å². The zero-order valence-electron chi connectivity index (χ0n) is 13.2. The van der Waals surface area contributed by atoms with Gasteiger partial charge in [-0.2, -0.15) is 0 Å². The highest BCUT2D eigenvalue weighted by atomic mass is 16.5. The first-order chi connectivity index (χ1) is 9.94. The quantitative estimate of drug-likeness (QED) is 0.810. The summed E-state index contributed by atoms with van der Waals surface area (Å²) >= 11 is 0. The Balaban J connectivity index is 1.80. The number of amides is 1. The van der Waals surface area contributed by atoms with Gasteiger partial charge in [0.15, 0.2) is 0 Å². The van der Waals surface area contributed by atoms with Gasteiger partial charge >= 0.3 is 0 Å². The summed E-state index contributed by atoms with van der Waals surface area (Å²) in [6.45, 7) is 6.95. The van der Waals surface area contributed by atoms with E-state index in [0.29, 0.717) is 25.5 Å². The topological polar surface area (TPSA) is 64.3 Å². The number of hydrogen-bond acceptors (Lipinski definition) is 3. The van der Waals surface area contributed by atoms with Crippen LogP contribution in [0.3, 0.4) is 0 Å². The van der Waals surface area contributed by atoms with E-state index in [2.05, 4.69) is 11.4 Å². The molecule has 1 atom stereocenters. The van der Waals surface area contributed by atoms with Gasteiger partial charge < -0.3 is 15.8 Å². The number of ether oxygens (including phenoxy) is 1. The van der Waals surface area contributed by atoms with Crippen LogP contribution in [0.1, 0.15) is 37.3 Å². The van der Waals surface area contributed by atoms with Crippen LogP contribution in [0, 0.1) is 19.8 Å². The third-order valence-corrected chi connectivity index (χ3v) is 4.26. The van der Waals surface area contributed by atoms with Crippen molar-refractivity contribution < 1.29 is 9.53 Å². The minimum absolute atomic E-state index is 0.0140. The summed E-state index contributed by atoms with van der Waals surface area (Å²) in [6, 6.07) is 6.09. The van der Waals surface area contributed by atoms with Gasteiger partial charge in [0, 0.05) is 6.54 Å². The minimum Gasteiger partial charge on any atom is -0.493 e. The maximum Gasteiger partial charge on any atom is 0.223 e. The molecule has 3 N–H and O–H groups in total. The highest BCUT2D eigenvalue weighted by Gasteiger charge is 2.41. The van der Waals surface area contributed by atoms with E-state index < -0.39 is 0 Å². The van der Waals surface area contributed by atoms with Gasteiger partial charge in [0.05, 0.1) is 18.6 Å². The summed E-state index contributed by atoms with van der Waals surface area (Å²) in [4.78, 5) is 12.0. The molecule has 1 aromatic rings. The van der Waals surface area contributed by atoms with Crippen LogP contribution < -0.4 is 15.8 Å². The molecule has 0 aliphatic heterocycles. The van der Waals surface area contributed by atoms with Gasteiger partial charge in [0.2, 0.25) is 5.91 Å². The van der Waals surface area contributed by atoms with Crippen molar-refractivity contribution in [3.8, 4) is 5.75 Å². The van der Waals surface area contributed by atoms with Crippen LogP contribution in [0.25, 0.3) is 0 Å². The molecule has 21 heavy (non-hydrogen) atoms. The summed E-state index contributed by atoms with van der Waals surface area (Å²) in [5.41, 5.74) is 7.80. The number of carbonyl (C=O) groups is 1. The molecule has 1 unspecified atom stereocenters. The highest BCUT2D eigenvalue weighted by molar-refractivity contribution is 5.77. The molecule has 1 aliphatic rings. The van der Waals surface area contributed by atoms with E-state index >= 15 is 0 Å². The second kappa shape index (κ2) is 6.48. The Morgan fingerprint density at radius 3 is 2.76 bits per heavy atom. The summed E-state index contributed by atoms with van der Waals surface area (Å²) in [7, 11) is 0. The van der Waals surface area contributed by atoms with Crippen LogP contribution in [-0.4, -0.2) is 24.6 Å². The fourth-order valence-electron chi connectivity index (χ4n) is 2.54. The molecule has 1 aromatic carbocycles. The summed E-state index contributed by atoms with van der Waals surface area (Å²) in [6.07, 6.45) is 2.68. The maximum atomic E-state index is 12.0. The van der Waals surface area contributed by atoms with Crippen molar-refractivity contribution >= 4 is 5.91 Å². The minimum atomic E-state index is -0.254. The Morgan fingerprint density at radius 2 is 2.14 bits per heavy atom. The molecule has 4 nitrogen and oxygen atoms in total. The number of aryl methyl sites for hydroxylation is 2. The lowest BCUT2D eigenvalue weighted by Crippen LogP contribution is -2.53. The number of rotatable bonds is 7. The third kappa shape index (κ3) is 4.21. The molecule has 1 saturated carbocycles. The molecule has 1 fully saturated rings. The number of nitrogens with two attached hydrogens (primary N) is 1. The van der Waals surface area contributed by atoms with Crippen LogP contribution in [0.2, 0.25) is 0 Å². The Bertz CT molecular complexity index is 512. The average molecular weight is 290 g/mol. The van der Waals surface area contributed by atoms with Gasteiger partial charge in [-0.05, 0) is 56.7 Å². The zero-order valence-corrected chi connectivity index (χ0v) is 13.2. The summed E-state index contributed by atoms with van der Waals surface area (Å²) in [5, 5.41) is 3.07. The van der Waals surface area contributed by atoms with Gasteiger partial charge in [0.1, 0.15) is 5.75 Å². The lowest BCUT2D eigenvalue weighted by molar-refractivity contribution is -0.123. The first-order valence-electron chi connectivity index (χ1n) is 7.66. The Labute approximate surface area is 127 Å². The average Bonchev–Trinajstić information content (AvgIpc) is 3.27. The molecular weight excluding hydrogens is 264 g/mol. The van der Waals surface area contributed by atoms with Crippen LogP contribution in [0.4, 0.5) is 0 Å². The van der Waals surface area contributed by atoms with Gasteiger partial charge in [-0.25, -0.2) is 0 Å². The van der Waals surface area contributed by atoms with E-state index in [1.165, 1.54) is 0 Å². The smallest absolute Gasteiger partial charge is 0.223 e. The second-order valence-electron chi connectivity index (χ2n) is 6.31. The number of nitrogens with one attached hydrogen (secondary N) is 1. The molecule has 0 saturated heterocycles. The van der Waals surface area contributed by atoms with E-state index in [1.807, 2.05) is 32.9 Å². The Kier molecular flexibility index (Phi) is 4.88. The Hall–Kier alpha value is -1.55. The monoisotopic (exact) mass is 290 g/mol. The molecule has 2 rings (SSSR count). The van der Waals surface area contributed by atoms with Crippen molar-refractivity contribution in [2.45, 2.75) is 45.6 Å². The fourth-order valence-corrected chi connectivity index (χ4v) is 2.54. The van der Waals surface area contributed by atoms with E-state index in [4.69, 9.17) is 10.5 Å². The molecule has 0 heterocycles. The zero-order chi connectivity index (χ0) is 15.5. The lowest BCUT2D eigenvalue weighted by Gasteiger charge is -2.29. The SMILES string of the molecule is Cc1ccc(C)c(OCCC(=O)NC(C)(CN)C2CC2)c1. The molecule has 116 valence electrons. The van der Waals surface area contributed by atoms with E-state index in [-0.39, 0.29) is 11.4 Å². The lowest BCUT2D eigenvalue weighted by atomic mass is 9.96. The summed E-state index contributed by atoms with van der Waals surface area (Å²) < 4.78 is 5.72. The molecular formula is C17H26N2O2. The Morgan fingerprint density at radius 1 is 1.43 bits per heavy atom. The molecule has 0 bridgehead atoms. The van der Waals surface area contributed by atoms with Crippen molar-refractivity contribution in [1.82, 2.24) is 5.32 Å². The van der Waals surface area contributed by atoms with E-state index in [9.17, 15) is 4.79 Å². The largest absolute Gasteiger partial charge is 0.493 e. The van der Waals surface area contributed by atoms with Crippen molar-refractivity contribution in [2.24, 2.45) is 11.7 Å². The molecule has 1 amide bonds. The molecule has 0 radical (unpaired) electrons. The standard InChI is InChI=1S/C17H26N2O2/c1-12-4-5-13(2)15(10-12)21-9-8-16(20)19-17(3,11-18)14-6-7-14/h4-5,10,14H,6-9,11,18H2,1-3H3,(H,19,20). The number of hydrogen-bond donors (Lipinski definition) is 2. The van der Waals surface area contributed by atoms with E-state index in [0.717, 1.165) is 29.7 Å². The van der Waals surface area contributed by atoms with Crippen LogP contribution in [-0.2, 0) is 4.79 Å². The van der Waals surface area contributed by atoms with Gasteiger partial charge in [-0.1, -0.05) is 12.1 Å². The van der Waals surface area contributed by atoms with Crippen molar-refractivity contribution in [2.75, 3.05) is 13.2 Å². The predicted molar refractivity (Wildman–Crippen MR) is 84.4 cm³/mol. The van der Waals surface area contributed by atoms with Crippen molar-refractivity contribution in [1.29, 1.82) is 0 Å². The predicted octanol–water partition coefficient (Wildman–Crippen LogP) is 2.32. The van der Waals surface area contributed by atoms with Crippen molar-refractivity contribution in [3.05, 3.63) is 29.3 Å². The van der Waals surface area contributed by atoms with Crippen LogP contribution in [0.15, 0.2) is 18.2 Å². The highest BCUT2D eigenvalue weighted by Crippen LogP contribution is 2.38. The van der Waals surface area contributed by atoms with E-state index in [1.54, 1.807) is 0 Å².